The highest BCUT2D eigenvalue weighted by atomic mass is 32.2. The van der Waals surface area contributed by atoms with Crippen LogP contribution in [0.3, 0.4) is 0 Å². The van der Waals surface area contributed by atoms with Crippen LogP contribution in [0.1, 0.15) is 22.1 Å². The average molecular weight is 379 g/mol. The quantitative estimate of drug-likeness (QED) is 0.674. The summed E-state index contributed by atoms with van der Waals surface area (Å²) in [6, 6.07) is 26.1. The molecule has 3 aromatic rings. The molecule has 0 aromatic heterocycles. The molecule has 0 saturated carbocycles. The molecule has 1 amide bonds. The Balaban J connectivity index is 1.75. The molecule has 0 spiro atoms. The minimum absolute atomic E-state index is 0.158. The topological polar surface area (TPSA) is 55.4 Å². The highest BCUT2D eigenvalue weighted by Gasteiger charge is 2.23. The van der Waals surface area contributed by atoms with Gasteiger partial charge in [0, 0.05) is 4.90 Å². The Morgan fingerprint density at radius 1 is 0.926 bits per heavy atom. The summed E-state index contributed by atoms with van der Waals surface area (Å²) in [5, 5.41) is 2.06. The molecular weight excluding hydrogens is 358 g/mol. The van der Waals surface area contributed by atoms with E-state index in [0.717, 1.165) is 16.7 Å². The van der Waals surface area contributed by atoms with Gasteiger partial charge in [0.15, 0.2) is 0 Å². The predicted octanol–water partition coefficient (Wildman–Crippen LogP) is 4.73. The molecular formula is C22H21NO3S. The molecule has 2 unspecified atom stereocenters. The molecule has 0 aliphatic rings. The lowest BCUT2D eigenvalue weighted by molar-refractivity contribution is 0.138. The summed E-state index contributed by atoms with van der Waals surface area (Å²) in [5.41, 5.74) is 2.74. The van der Waals surface area contributed by atoms with Gasteiger partial charge in [-0.25, -0.2) is 4.79 Å². The number of carbonyl (C=O) groups excluding carboxylic acids is 1. The molecule has 138 valence electrons. The Hall–Kier alpha value is -2.92. The largest absolute Gasteiger partial charge is 0.445 e. The van der Waals surface area contributed by atoms with Crippen molar-refractivity contribution in [3.63, 3.8) is 0 Å². The normalized spacial score (nSPS) is 12.8. The van der Waals surface area contributed by atoms with Crippen LogP contribution in [-0.2, 0) is 22.1 Å². The zero-order valence-corrected chi connectivity index (χ0v) is 15.8. The van der Waals surface area contributed by atoms with E-state index in [4.69, 9.17) is 4.74 Å². The number of alkyl carbamates (subject to hydrolysis) is 1. The fourth-order valence-corrected chi connectivity index (χ4v) is 3.85. The van der Waals surface area contributed by atoms with Gasteiger partial charge in [-0.2, -0.15) is 0 Å². The molecule has 0 aliphatic carbocycles. The number of amides is 1. The lowest BCUT2D eigenvalue weighted by atomic mass is 10.2. The average Bonchev–Trinajstić information content (AvgIpc) is 2.72. The van der Waals surface area contributed by atoms with Crippen molar-refractivity contribution in [1.29, 1.82) is 0 Å². The Labute approximate surface area is 161 Å². The Kier molecular flexibility index (Phi) is 6.39. The van der Waals surface area contributed by atoms with Gasteiger partial charge in [-0.3, -0.25) is 4.21 Å². The standard InChI is InChI=1S/C22H21NO3S/c1-17-12-14-20(15-13-17)27(25)21(19-10-6-3-7-11-19)23-22(24)26-16-18-8-4-2-5-9-18/h2-15,21H,16H2,1H3,(H,23,24). The summed E-state index contributed by atoms with van der Waals surface area (Å²) in [6.07, 6.45) is -0.604. The number of nitrogens with one attached hydrogen (secondary N) is 1. The van der Waals surface area contributed by atoms with Crippen LogP contribution in [0.2, 0.25) is 0 Å². The first-order valence-electron chi connectivity index (χ1n) is 8.63. The third-order valence-electron chi connectivity index (χ3n) is 4.03. The van der Waals surface area contributed by atoms with Crippen LogP contribution < -0.4 is 5.32 Å². The van der Waals surface area contributed by atoms with Crippen molar-refractivity contribution in [3.05, 3.63) is 102 Å². The van der Waals surface area contributed by atoms with Crippen molar-refractivity contribution >= 4 is 16.9 Å². The number of aryl methyl sites for hydroxylation is 1. The Bertz CT molecular complexity index is 896. The fourth-order valence-electron chi connectivity index (χ4n) is 2.57. The summed E-state index contributed by atoms with van der Waals surface area (Å²) in [6.45, 7) is 2.13. The molecule has 4 nitrogen and oxygen atoms in total. The lowest BCUT2D eigenvalue weighted by Crippen LogP contribution is -2.31. The SMILES string of the molecule is Cc1ccc(S(=O)C(NC(=O)OCc2ccccc2)c2ccccc2)cc1. The minimum Gasteiger partial charge on any atom is -0.445 e. The molecule has 3 aromatic carbocycles. The van der Waals surface area contributed by atoms with Crippen LogP contribution in [0.4, 0.5) is 4.79 Å². The second-order valence-corrected chi connectivity index (χ2v) is 7.64. The molecule has 0 fully saturated rings. The molecule has 2 atom stereocenters. The van der Waals surface area contributed by atoms with Crippen molar-refractivity contribution in [2.75, 3.05) is 0 Å². The second kappa shape index (κ2) is 9.14. The summed E-state index contributed by atoms with van der Waals surface area (Å²) < 4.78 is 18.4. The van der Waals surface area contributed by atoms with Crippen LogP contribution in [0, 0.1) is 6.92 Å². The minimum atomic E-state index is -1.46. The van der Waals surface area contributed by atoms with Crippen molar-refractivity contribution in [3.8, 4) is 0 Å². The smallest absolute Gasteiger partial charge is 0.408 e. The van der Waals surface area contributed by atoms with E-state index in [-0.39, 0.29) is 6.61 Å². The monoisotopic (exact) mass is 379 g/mol. The van der Waals surface area contributed by atoms with Crippen LogP contribution in [-0.4, -0.2) is 10.3 Å². The molecule has 0 saturated heterocycles. The van der Waals surface area contributed by atoms with Crippen LogP contribution in [0.15, 0.2) is 89.8 Å². The predicted molar refractivity (Wildman–Crippen MR) is 107 cm³/mol. The van der Waals surface area contributed by atoms with Gasteiger partial charge < -0.3 is 10.1 Å². The number of carbonyl (C=O) groups is 1. The maximum Gasteiger partial charge on any atom is 0.408 e. The van der Waals surface area contributed by atoms with Crippen LogP contribution in [0.25, 0.3) is 0 Å². The number of ether oxygens (including phenoxy) is 1. The first-order valence-corrected chi connectivity index (χ1v) is 9.84. The van der Waals surface area contributed by atoms with E-state index in [1.807, 2.05) is 91.9 Å². The summed E-state index contributed by atoms with van der Waals surface area (Å²) in [7, 11) is -1.46. The van der Waals surface area contributed by atoms with Gasteiger partial charge in [-0.1, -0.05) is 78.4 Å². The molecule has 0 radical (unpaired) electrons. The second-order valence-electron chi connectivity index (χ2n) is 6.11. The Morgan fingerprint density at radius 2 is 1.52 bits per heavy atom. The molecule has 0 bridgehead atoms. The van der Waals surface area contributed by atoms with E-state index in [0.29, 0.717) is 4.90 Å². The van der Waals surface area contributed by atoms with Crippen LogP contribution in [0.5, 0.6) is 0 Å². The molecule has 27 heavy (non-hydrogen) atoms. The number of hydrogen-bond donors (Lipinski definition) is 1. The van der Waals surface area contributed by atoms with E-state index >= 15 is 0 Å². The summed E-state index contributed by atoms with van der Waals surface area (Å²) >= 11 is 0. The van der Waals surface area contributed by atoms with E-state index in [9.17, 15) is 9.00 Å². The Morgan fingerprint density at radius 3 is 2.15 bits per heavy atom. The summed E-state index contributed by atoms with van der Waals surface area (Å²) in [5.74, 6) is 0. The van der Waals surface area contributed by atoms with Crippen molar-refractivity contribution in [1.82, 2.24) is 5.32 Å². The van der Waals surface area contributed by atoms with Gasteiger partial charge >= 0.3 is 6.09 Å². The molecule has 3 rings (SSSR count). The number of benzene rings is 3. The molecule has 5 heteroatoms. The maximum atomic E-state index is 13.1. The zero-order chi connectivity index (χ0) is 19.1. The lowest BCUT2D eigenvalue weighted by Gasteiger charge is -2.19. The van der Waals surface area contributed by atoms with E-state index in [1.54, 1.807) is 0 Å². The van der Waals surface area contributed by atoms with E-state index in [2.05, 4.69) is 5.32 Å². The highest BCUT2D eigenvalue weighted by Crippen LogP contribution is 2.23. The maximum absolute atomic E-state index is 13.1. The number of hydrogen-bond acceptors (Lipinski definition) is 3. The van der Waals surface area contributed by atoms with E-state index in [1.165, 1.54) is 0 Å². The highest BCUT2D eigenvalue weighted by molar-refractivity contribution is 7.85. The van der Waals surface area contributed by atoms with Gasteiger partial charge in [0.05, 0.1) is 10.8 Å². The van der Waals surface area contributed by atoms with E-state index < -0.39 is 22.3 Å². The number of rotatable bonds is 6. The van der Waals surface area contributed by atoms with Gasteiger partial charge in [0.1, 0.15) is 12.0 Å². The molecule has 0 aliphatic heterocycles. The molecule has 0 heterocycles. The first-order chi connectivity index (χ1) is 13.1. The van der Waals surface area contributed by atoms with Gasteiger partial charge in [0.25, 0.3) is 0 Å². The van der Waals surface area contributed by atoms with Crippen molar-refractivity contribution in [2.45, 2.75) is 23.8 Å². The third-order valence-corrected chi connectivity index (χ3v) is 5.59. The van der Waals surface area contributed by atoms with Gasteiger partial charge in [-0.15, -0.1) is 0 Å². The van der Waals surface area contributed by atoms with Crippen molar-refractivity contribution < 1.29 is 13.7 Å². The first kappa shape index (κ1) is 18.9. The van der Waals surface area contributed by atoms with Gasteiger partial charge in [0.2, 0.25) is 0 Å². The fraction of sp³-hybridized carbons (Fsp3) is 0.136. The zero-order valence-electron chi connectivity index (χ0n) is 15.0. The van der Waals surface area contributed by atoms with Crippen molar-refractivity contribution in [2.24, 2.45) is 0 Å². The summed E-state index contributed by atoms with van der Waals surface area (Å²) in [4.78, 5) is 13.0. The van der Waals surface area contributed by atoms with Gasteiger partial charge in [-0.05, 0) is 30.2 Å². The molecule has 1 N–H and O–H groups in total. The van der Waals surface area contributed by atoms with Crippen LogP contribution >= 0.6 is 0 Å². The third kappa shape index (κ3) is 5.28.